The second-order valence-corrected chi connectivity index (χ2v) is 5.53. The number of carbonyl (C=O) groups excluding carboxylic acids is 1. The van der Waals surface area contributed by atoms with Gasteiger partial charge in [-0.25, -0.2) is 0 Å². The van der Waals surface area contributed by atoms with E-state index in [0.717, 1.165) is 43.2 Å². The molecule has 1 fully saturated rings. The Morgan fingerprint density at radius 3 is 2.45 bits per heavy atom. The predicted octanol–water partition coefficient (Wildman–Crippen LogP) is 2.14. The number of primary amides is 1. The molecule has 2 rings (SSSR count). The molecular formula is C15H21N3OS. The fraction of sp³-hybridized carbons (Fsp3) is 0.467. The second kappa shape index (κ2) is 6.70. The minimum Gasteiger partial charge on any atom is -0.369 e. The molecule has 0 spiro atoms. The Labute approximate surface area is 125 Å². The van der Waals surface area contributed by atoms with Crippen molar-refractivity contribution in [2.75, 3.05) is 18.4 Å². The molecule has 1 heterocycles. The molecule has 1 amide bonds. The van der Waals surface area contributed by atoms with Crippen LogP contribution >= 0.6 is 12.2 Å². The zero-order valence-electron chi connectivity index (χ0n) is 11.8. The number of carbonyl (C=O) groups is 1. The van der Waals surface area contributed by atoms with E-state index in [1.807, 2.05) is 12.1 Å². The average Bonchev–Trinajstić information content (AvgIpc) is 2.48. The number of nitrogens with one attached hydrogen (secondary N) is 1. The van der Waals surface area contributed by atoms with Gasteiger partial charge in [-0.05, 0) is 49.2 Å². The van der Waals surface area contributed by atoms with Crippen LogP contribution in [0.25, 0.3) is 0 Å². The van der Waals surface area contributed by atoms with Crippen molar-refractivity contribution in [2.24, 2.45) is 11.7 Å². The smallest absolute Gasteiger partial charge is 0.220 e. The van der Waals surface area contributed by atoms with Gasteiger partial charge in [0.25, 0.3) is 0 Å². The van der Waals surface area contributed by atoms with Gasteiger partial charge >= 0.3 is 0 Å². The molecule has 0 saturated carbocycles. The summed E-state index contributed by atoms with van der Waals surface area (Å²) in [5.41, 5.74) is 7.65. The van der Waals surface area contributed by atoms with Crippen molar-refractivity contribution >= 4 is 28.9 Å². The molecule has 1 aromatic rings. The van der Waals surface area contributed by atoms with Crippen molar-refractivity contribution in [1.82, 2.24) is 4.90 Å². The van der Waals surface area contributed by atoms with E-state index in [2.05, 4.69) is 29.3 Å². The van der Waals surface area contributed by atoms with E-state index in [0.29, 0.717) is 0 Å². The van der Waals surface area contributed by atoms with Gasteiger partial charge < -0.3 is 16.0 Å². The fourth-order valence-electron chi connectivity index (χ4n) is 2.39. The highest BCUT2D eigenvalue weighted by Gasteiger charge is 2.24. The van der Waals surface area contributed by atoms with Crippen LogP contribution in [-0.4, -0.2) is 29.0 Å². The highest BCUT2D eigenvalue weighted by molar-refractivity contribution is 7.80. The van der Waals surface area contributed by atoms with Crippen molar-refractivity contribution in [3.05, 3.63) is 29.8 Å². The van der Waals surface area contributed by atoms with Crippen molar-refractivity contribution in [2.45, 2.75) is 26.2 Å². The minimum atomic E-state index is -0.196. The van der Waals surface area contributed by atoms with Gasteiger partial charge in [0.15, 0.2) is 5.11 Å². The Bertz CT molecular complexity index is 478. The summed E-state index contributed by atoms with van der Waals surface area (Å²) in [7, 11) is 0. The van der Waals surface area contributed by atoms with E-state index in [1.54, 1.807) is 0 Å². The number of benzene rings is 1. The van der Waals surface area contributed by atoms with Crippen LogP contribution in [0, 0.1) is 5.92 Å². The summed E-state index contributed by atoms with van der Waals surface area (Å²) in [5, 5.41) is 3.97. The number of rotatable bonds is 3. The molecule has 20 heavy (non-hydrogen) atoms. The lowest BCUT2D eigenvalue weighted by Gasteiger charge is -2.32. The lowest BCUT2D eigenvalue weighted by atomic mass is 9.97. The molecule has 0 atom stereocenters. The van der Waals surface area contributed by atoms with Crippen LogP contribution in [0.3, 0.4) is 0 Å². The zero-order valence-corrected chi connectivity index (χ0v) is 12.6. The Kier molecular flexibility index (Phi) is 4.95. The number of amides is 1. The maximum absolute atomic E-state index is 11.1. The number of hydrogen-bond donors (Lipinski definition) is 2. The van der Waals surface area contributed by atoms with Gasteiger partial charge in [0.2, 0.25) is 5.91 Å². The van der Waals surface area contributed by atoms with E-state index >= 15 is 0 Å². The van der Waals surface area contributed by atoms with Crippen LogP contribution in [0.5, 0.6) is 0 Å². The number of aryl methyl sites for hydroxylation is 1. The van der Waals surface area contributed by atoms with E-state index in [-0.39, 0.29) is 11.8 Å². The maximum atomic E-state index is 11.1. The summed E-state index contributed by atoms with van der Waals surface area (Å²) >= 11 is 5.42. The topological polar surface area (TPSA) is 58.4 Å². The lowest BCUT2D eigenvalue weighted by Crippen LogP contribution is -2.43. The summed E-state index contributed by atoms with van der Waals surface area (Å²) in [6.07, 6.45) is 2.60. The van der Waals surface area contributed by atoms with Gasteiger partial charge in [-0.2, -0.15) is 0 Å². The van der Waals surface area contributed by atoms with E-state index in [4.69, 9.17) is 18.0 Å². The number of anilines is 1. The molecule has 0 bridgehead atoms. The molecule has 3 N–H and O–H groups in total. The summed E-state index contributed by atoms with van der Waals surface area (Å²) in [5.74, 6) is -0.198. The molecule has 1 aromatic carbocycles. The first-order chi connectivity index (χ1) is 9.60. The number of piperidine rings is 1. The van der Waals surface area contributed by atoms with Crippen LogP contribution in [0.4, 0.5) is 5.69 Å². The van der Waals surface area contributed by atoms with E-state index < -0.39 is 0 Å². The van der Waals surface area contributed by atoms with Gasteiger partial charge in [-0.3, -0.25) is 4.79 Å². The third-order valence-electron chi connectivity index (χ3n) is 3.80. The van der Waals surface area contributed by atoms with Gasteiger partial charge in [-0.15, -0.1) is 0 Å². The monoisotopic (exact) mass is 291 g/mol. The first kappa shape index (κ1) is 14.8. The molecule has 0 unspecified atom stereocenters. The number of thiocarbonyl (C=S) groups is 1. The standard InChI is InChI=1S/C15H21N3OS/c1-2-11-3-5-13(6-4-11)17-15(20)18-9-7-12(8-10-18)14(16)19/h3-6,12H,2,7-10H2,1H3,(H2,16,19)(H,17,20). The van der Waals surface area contributed by atoms with Gasteiger partial charge in [-0.1, -0.05) is 19.1 Å². The molecule has 1 aliphatic rings. The fourth-order valence-corrected chi connectivity index (χ4v) is 2.69. The van der Waals surface area contributed by atoms with Gasteiger partial charge in [0, 0.05) is 24.7 Å². The highest BCUT2D eigenvalue weighted by atomic mass is 32.1. The SMILES string of the molecule is CCc1ccc(NC(=S)N2CCC(C(N)=O)CC2)cc1. The summed E-state index contributed by atoms with van der Waals surface area (Å²) in [6.45, 7) is 3.70. The van der Waals surface area contributed by atoms with Crippen molar-refractivity contribution in [3.8, 4) is 0 Å². The van der Waals surface area contributed by atoms with E-state index in [9.17, 15) is 4.79 Å². The Hall–Kier alpha value is -1.62. The summed E-state index contributed by atoms with van der Waals surface area (Å²) in [4.78, 5) is 13.2. The van der Waals surface area contributed by atoms with Crippen molar-refractivity contribution < 1.29 is 4.79 Å². The Morgan fingerprint density at radius 2 is 1.95 bits per heavy atom. The number of likely N-dealkylation sites (tertiary alicyclic amines) is 1. The van der Waals surface area contributed by atoms with Crippen molar-refractivity contribution in [3.63, 3.8) is 0 Å². The first-order valence-corrected chi connectivity index (χ1v) is 7.45. The number of hydrogen-bond acceptors (Lipinski definition) is 2. The zero-order chi connectivity index (χ0) is 14.5. The molecule has 108 valence electrons. The normalized spacial score (nSPS) is 15.9. The molecule has 0 aliphatic carbocycles. The van der Waals surface area contributed by atoms with Crippen LogP contribution < -0.4 is 11.1 Å². The Balaban J connectivity index is 1.87. The molecule has 0 aromatic heterocycles. The predicted molar refractivity (Wildman–Crippen MR) is 85.5 cm³/mol. The quantitative estimate of drug-likeness (QED) is 0.838. The number of nitrogens with zero attached hydrogens (tertiary/aromatic N) is 1. The largest absolute Gasteiger partial charge is 0.369 e. The van der Waals surface area contributed by atoms with Crippen LogP contribution in [0.15, 0.2) is 24.3 Å². The lowest BCUT2D eigenvalue weighted by molar-refractivity contribution is -0.122. The van der Waals surface area contributed by atoms with Crippen LogP contribution in [0.2, 0.25) is 0 Å². The molecular weight excluding hydrogens is 270 g/mol. The minimum absolute atomic E-state index is 0.00196. The Morgan fingerprint density at radius 1 is 1.35 bits per heavy atom. The molecule has 1 aliphatic heterocycles. The van der Waals surface area contributed by atoms with Crippen LogP contribution in [-0.2, 0) is 11.2 Å². The molecule has 4 nitrogen and oxygen atoms in total. The van der Waals surface area contributed by atoms with Crippen molar-refractivity contribution in [1.29, 1.82) is 0 Å². The number of nitrogens with two attached hydrogens (primary N) is 1. The second-order valence-electron chi connectivity index (χ2n) is 5.14. The molecule has 1 saturated heterocycles. The summed E-state index contributed by atoms with van der Waals surface area (Å²) < 4.78 is 0. The average molecular weight is 291 g/mol. The third-order valence-corrected chi connectivity index (χ3v) is 4.16. The molecule has 5 heteroatoms. The van der Waals surface area contributed by atoms with Crippen LogP contribution in [0.1, 0.15) is 25.3 Å². The molecule has 0 radical (unpaired) electrons. The van der Waals surface area contributed by atoms with E-state index in [1.165, 1.54) is 5.56 Å². The third kappa shape index (κ3) is 3.70. The summed E-state index contributed by atoms with van der Waals surface area (Å²) in [6, 6.07) is 8.29. The van der Waals surface area contributed by atoms with Gasteiger partial charge in [0.1, 0.15) is 0 Å². The van der Waals surface area contributed by atoms with Gasteiger partial charge in [0.05, 0.1) is 0 Å². The first-order valence-electron chi connectivity index (χ1n) is 7.04. The highest BCUT2D eigenvalue weighted by Crippen LogP contribution is 2.18. The maximum Gasteiger partial charge on any atom is 0.220 e.